The number of hydrogen-bond donors (Lipinski definition) is 1. The number of pyridine rings is 1. The van der Waals surface area contributed by atoms with Gasteiger partial charge in [-0.05, 0) is 31.0 Å². The van der Waals surface area contributed by atoms with E-state index >= 15 is 0 Å². The molecule has 3 heterocycles. The summed E-state index contributed by atoms with van der Waals surface area (Å²) in [5.41, 5.74) is 0.389. The molecule has 1 N–H and O–H groups in total. The fraction of sp³-hybridized carbons (Fsp3) is 0.400. The van der Waals surface area contributed by atoms with Crippen LogP contribution in [0.2, 0.25) is 0 Å². The number of nitrogens with zero attached hydrogens (tertiary/aromatic N) is 4. The number of alkyl halides is 3. The molecule has 1 aliphatic rings. The minimum atomic E-state index is -4.28. The second kappa shape index (κ2) is 6.50. The molecular formula is C15H16F3N5O. The van der Waals surface area contributed by atoms with Crippen LogP contribution in [-0.2, 0) is 0 Å². The largest absolute Gasteiger partial charge is 0.393 e. The molecule has 1 aliphatic heterocycles. The number of piperidine rings is 1. The van der Waals surface area contributed by atoms with Gasteiger partial charge in [0.05, 0.1) is 11.6 Å². The first-order valence-electron chi connectivity index (χ1n) is 7.53. The Morgan fingerprint density at radius 1 is 1.29 bits per heavy atom. The van der Waals surface area contributed by atoms with Crippen LogP contribution >= 0.6 is 0 Å². The van der Waals surface area contributed by atoms with E-state index in [0.29, 0.717) is 24.5 Å². The Kier molecular flexibility index (Phi) is 4.41. The molecule has 2 aromatic rings. The highest BCUT2D eigenvalue weighted by Crippen LogP contribution is 2.33. The number of hydrogen-bond acceptors (Lipinski definition) is 3. The van der Waals surface area contributed by atoms with E-state index in [9.17, 15) is 18.0 Å². The zero-order valence-electron chi connectivity index (χ0n) is 12.7. The van der Waals surface area contributed by atoms with Crippen molar-refractivity contribution in [3.05, 3.63) is 36.8 Å². The average molecular weight is 339 g/mol. The summed E-state index contributed by atoms with van der Waals surface area (Å²) in [5, 5.41) is 6.69. The van der Waals surface area contributed by atoms with E-state index in [4.69, 9.17) is 0 Å². The van der Waals surface area contributed by atoms with E-state index in [0.717, 1.165) is 0 Å². The lowest BCUT2D eigenvalue weighted by Crippen LogP contribution is -2.46. The fourth-order valence-corrected chi connectivity index (χ4v) is 2.69. The standard InChI is InChI=1S/C15H16F3N5O/c16-15(17,18)11-4-2-8-22(10-11)14(24)21-12-5-1-6-19-13(12)23-9-3-7-20-23/h1,3,5-7,9,11H,2,4,8,10H2,(H,21,24)/t11-/m1/s1. The number of likely N-dealkylation sites (tertiary alicyclic amines) is 1. The summed E-state index contributed by atoms with van der Waals surface area (Å²) in [6.07, 6.45) is 0.882. The molecule has 0 aromatic carbocycles. The Hall–Kier alpha value is -2.58. The zero-order chi connectivity index (χ0) is 17.2. The maximum Gasteiger partial charge on any atom is 0.393 e. The fourth-order valence-electron chi connectivity index (χ4n) is 2.69. The molecule has 1 fully saturated rings. The minimum Gasteiger partial charge on any atom is -0.324 e. The van der Waals surface area contributed by atoms with Gasteiger partial charge in [-0.2, -0.15) is 18.3 Å². The average Bonchev–Trinajstić information content (AvgIpc) is 3.09. The quantitative estimate of drug-likeness (QED) is 0.915. The van der Waals surface area contributed by atoms with Gasteiger partial charge in [-0.3, -0.25) is 0 Å². The lowest BCUT2D eigenvalue weighted by atomic mass is 9.98. The van der Waals surface area contributed by atoms with E-state index in [-0.39, 0.29) is 13.0 Å². The first-order valence-corrected chi connectivity index (χ1v) is 7.53. The van der Waals surface area contributed by atoms with Crippen LogP contribution in [0.5, 0.6) is 0 Å². The molecule has 1 saturated heterocycles. The van der Waals surface area contributed by atoms with Crippen LogP contribution in [0.25, 0.3) is 5.82 Å². The van der Waals surface area contributed by atoms with E-state index in [1.54, 1.807) is 36.8 Å². The van der Waals surface area contributed by atoms with Gasteiger partial charge in [0.1, 0.15) is 0 Å². The second-order valence-electron chi connectivity index (χ2n) is 5.58. The van der Waals surface area contributed by atoms with Gasteiger partial charge in [-0.25, -0.2) is 14.5 Å². The third kappa shape index (κ3) is 3.50. The van der Waals surface area contributed by atoms with Crippen LogP contribution in [0.3, 0.4) is 0 Å². The minimum absolute atomic E-state index is 0.0543. The number of halogens is 3. The molecular weight excluding hydrogens is 323 g/mol. The molecule has 0 aliphatic carbocycles. The van der Waals surface area contributed by atoms with Crippen molar-refractivity contribution < 1.29 is 18.0 Å². The molecule has 0 saturated carbocycles. The van der Waals surface area contributed by atoms with E-state index in [1.165, 1.54) is 9.58 Å². The van der Waals surface area contributed by atoms with E-state index in [2.05, 4.69) is 15.4 Å². The van der Waals surface area contributed by atoms with E-state index in [1.807, 2.05) is 0 Å². The molecule has 0 radical (unpaired) electrons. The van der Waals surface area contributed by atoms with Gasteiger partial charge in [0.15, 0.2) is 5.82 Å². The topological polar surface area (TPSA) is 63.1 Å². The molecule has 2 amide bonds. The van der Waals surface area contributed by atoms with Crippen molar-refractivity contribution in [1.29, 1.82) is 0 Å². The second-order valence-corrected chi connectivity index (χ2v) is 5.58. The van der Waals surface area contributed by atoms with Crippen molar-refractivity contribution in [2.75, 3.05) is 18.4 Å². The Morgan fingerprint density at radius 3 is 2.83 bits per heavy atom. The SMILES string of the molecule is O=C(Nc1cccnc1-n1cccn1)N1CCC[C@@H](C(F)(F)F)C1. The van der Waals surface area contributed by atoms with Crippen LogP contribution in [0.1, 0.15) is 12.8 Å². The number of carbonyl (C=O) groups excluding carboxylic acids is 1. The summed E-state index contributed by atoms with van der Waals surface area (Å²) in [6, 6.07) is 4.41. The highest BCUT2D eigenvalue weighted by molar-refractivity contribution is 5.91. The van der Waals surface area contributed by atoms with Gasteiger partial charge in [0, 0.05) is 31.7 Å². The number of carbonyl (C=O) groups is 1. The highest BCUT2D eigenvalue weighted by Gasteiger charge is 2.42. The number of anilines is 1. The predicted octanol–water partition coefficient (Wildman–Crippen LogP) is 3.07. The molecule has 24 heavy (non-hydrogen) atoms. The number of rotatable bonds is 2. The molecule has 1 atom stereocenters. The van der Waals surface area contributed by atoms with Crippen LogP contribution in [0, 0.1) is 5.92 Å². The Bertz CT molecular complexity index is 701. The molecule has 6 nitrogen and oxygen atoms in total. The first kappa shape index (κ1) is 16.3. The molecule has 3 rings (SSSR count). The zero-order valence-corrected chi connectivity index (χ0v) is 12.7. The third-order valence-corrected chi connectivity index (χ3v) is 3.92. The summed E-state index contributed by atoms with van der Waals surface area (Å²) >= 11 is 0. The Labute approximate surface area is 136 Å². The van der Waals surface area contributed by atoms with Gasteiger partial charge in [-0.15, -0.1) is 0 Å². The number of aromatic nitrogens is 3. The van der Waals surface area contributed by atoms with Gasteiger partial charge in [0.25, 0.3) is 0 Å². The van der Waals surface area contributed by atoms with Crippen LogP contribution in [0.4, 0.5) is 23.7 Å². The van der Waals surface area contributed by atoms with Crippen LogP contribution in [-0.4, -0.2) is 45.0 Å². The van der Waals surface area contributed by atoms with Crippen LogP contribution < -0.4 is 5.32 Å². The summed E-state index contributed by atoms with van der Waals surface area (Å²) in [6.45, 7) is -0.0253. The summed E-state index contributed by atoms with van der Waals surface area (Å²) in [5.74, 6) is -1.07. The Balaban J connectivity index is 1.74. The smallest absolute Gasteiger partial charge is 0.324 e. The molecule has 0 unspecified atom stereocenters. The van der Waals surface area contributed by atoms with E-state index < -0.39 is 18.1 Å². The van der Waals surface area contributed by atoms with Crippen molar-refractivity contribution in [3.8, 4) is 5.82 Å². The molecule has 128 valence electrons. The van der Waals surface area contributed by atoms with Crippen molar-refractivity contribution in [1.82, 2.24) is 19.7 Å². The summed E-state index contributed by atoms with van der Waals surface area (Å²) in [4.78, 5) is 17.7. The van der Waals surface area contributed by atoms with Crippen molar-refractivity contribution in [3.63, 3.8) is 0 Å². The van der Waals surface area contributed by atoms with Gasteiger partial charge in [-0.1, -0.05) is 0 Å². The van der Waals surface area contributed by atoms with Gasteiger partial charge >= 0.3 is 12.2 Å². The lowest BCUT2D eigenvalue weighted by Gasteiger charge is -2.33. The number of urea groups is 1. The maximum absolute atomic E-state index is 12.9. The summed E-state index contributed by atoms with van der Waals surface area (Å²) in [7, 11) is 0. The normalized spacial score (nSPS) is 18.5. The van der Waals surface area contributed by atoms with Crippen LogP contribution in [0.15, 0.2) is 36.8 Å². The number of amides is 2. The maximum atomic E-state index is 12.9. The third-order valence-electron chi connectivity index (χ3n) is 3.92. The molecule has 9 heteroatoms. The number of nitrogens with one attached hydrogen (secondary N) is 1. The lowest BCUT2D eigenvalue weighted by molar-refractivity contribution is -0.183. The van der Waals surface area contributed by atoms with Gasteiger partial charge in [0.2, 0.25) is 0 Å². The predicted molar refractivity (Wildman–Crippen MR) is 80.7 cm³/mol. The molecule has 2 aromatic heterocycles. The Morgan fingerprint density at radius 2 is 2.12 bits per heavy atom. The summed E-state index contributed by atoms with van der Waals surface area (Å²) < 4.78 is 40.1. The monoisotopic (exact) mass is 339 g/mol. The first-order chi connectivity index (χ1) is 11.4. The van der Waals surface area contributed by atoms with Crippen molar-refractivity contribution in [2.24, 2.45) is 5.92 Å². The van der Waals surface area contributed by atoms with Gasteiger partial charge < -0.3 is 10.2 Å². The van der Waals surface area contributed by atoms with Crippen molar-refractivity contribution >= 4 is 11.7 Å². The molecule has 0 bridgehead atoms. The molecule has 0 spiro atoms. The highest BCUT2D eigenvalue weighted by atomic mass is 19.4. The van der Waals surface area contributed by atoms with Crippen molar-refractivity contribution in [2.45, 2.75) is 19.0 Å².